The van der Waals surface area contributed by atoms with Crippen LogP contribution in [0.3, 0.4) is 0 Å². The van der Waals surface area contributed by atoms with E-state index in [-0.39, 0.29) is 5.75 Å². The highest BCUT2D eigenvalue weighted by molar-refractivity contribution is 6.04. The second-order valence-electron chi connectivity index (χ2n) is 6.00. The van der Waals surface area contributed by atoms with Gasteiger partial charge in [0.2, 0.25) is 0 Å². The minimum absolute atomic E-state index is 0.0349. The van der Waals surface area contributed by atoms with Crippen LogP contribution in [-0.4, -0.2) is 34.0 Å². The zero-order valence-corrected chi connectivity index (χ0v) is 13.4. The lowest BCUT2D eigenvalue weighted by Crippen LogP contribution is -2.25. The van der Waals surface area contributed by atoms with Gasteiger partial charge in [0, 0.05) is 29.8 Å². The SMILES string of the molecule is CN1C(=O)NC(=O)C1c1ccc(-c2cnc3ccccc3c2)cc1O. The van der Waals surface area contributed by atoms with Gasteiger partial charge in [0.1, 0.15) is 11.8 Å². The van der Waals surface area contributed by atoms with E-state index in [9.17, 15) is 14.7 Å². The normalized spacial score (nSPS) is 17.2. The van der Waals surface area contributed by atoms with Crippen molar-refractivity contribution in [3.63, 3.8) is 0 Å². The minimum Gasteiger partial charge on any atom is -0.508 e. The van der Waals surface area contributed by atoms with E-state index in [2.05, 4.69) is 10.3 Å². The molecule has 2 aromatic carbocycles. The first-order valence-corrected chi connectivity index (χ1v) is 7.80. The number of imide groups is 1. The summed E-state index contributed by atoms with van der Waals surface area (Å²) >= 11 is 0. The number of phenols is 1. The molecule has 1 saturated heterocycles. The number of likely N-dealkylation sites (N-methyl/N-ethyl adjacent to an activating group) is 1. The lowest BCUT2D eigenvalue weighted by Gasteiger charge is -2.18. The van der Waals surface area contributed by atoms with E-state index in [0.717, 1.165) is 22.0 Å². The summed E-state index contributed by atoms with van der Waals surface area (Å²) in [7, 11) is 1.52. The van der Waals surface area contributed by atoms with E-state index >= 15 is 0 Å². The Kier molecular flexibility index (Phi) is 3.39. The van der Waals surface area contributed by atoms with Crippen LogP contribution in [-0.2, 0) is 4.79 Å². The van der Waals surface area contributed by atoms with Gasteiger partial charge in [-0.15, -0.1) is 0 Å². The first kappa shape index (κ1) is 15.1. The number of nitrogens with zero attached hydrogens (tertiary/aromatic N) is 2. The molecular formula is C19H15N3O3. The van der Waals surface area contributed by atoms with Crippen molar-refractivity contribution in [2.45, 2.75) is 6.04 Å². The summed E-state index contributed by atoms with van der Waals surface area (Å²) in [5.74, 6) is -0.477. The van der Waals surface area contributed by atoms with Crippen LogP contribution in [0.5, 0.6) is 5.75 Å². The highest BCUT2D eigenvalue weighted by atomic mass is 16.3. The molecule has 6 nitrogen and oxygen atoms in total. The number of fused-ring (bicyclic) bond motifs is 1. The number of aromatic hydroxyl groups is 1. The zero-order valence-electron chi connectivity index (χ0n) is 13.4. The van der Waals surface area contributed by atoms with Crippen LogP contribution in [0.15, 0.2) is 54.7 Å². The molecule has 2 heterocycles. The predicted molar refractivity (Wildman–Crippen MR) is 92.9 cm³/mol. The summed E-state index contributed by atoms with van der Waals surface area (Å²) in [4.78, 5) is 29.2. The van der Waals surface area contributed by atoms with Gasteiger partial charge in [0.25, 0.3) is 5.91 Å². The fourth-order valence-corrected chi connectivity index (χ4v) is 3.09. The lowest BCUT2D eigenvalue weighted by atomic mass is 9.99. The number of nitrogens with one attached hydrogen (secondary N) is 1. The number of benzene rings is 2. The molecule has 1 atom stereocenters. The van der Waals surface area contributed by atoms with Crippen LogP contribution in [0.4, 0.5) is 4.79 Å². The Balaban J connectivity index is 1.74. The molecule has 6 heteroatoms. The van der Waals surface area contributed by atoms with Crippen LogP contribution in [0, 0.1) is 0 Å². The maximum absolute atomic E-state index is 12.0. The molecule has 1 aromatic heterocycles. The van der Waals surface area contributed by atoms with E-state index in [4.69, 9.17) is 0 Å². The second-order valence-corrected chi connectivity index (χ2v) is 6.00. The topological polar surface area (TPSA) is 82.5 Å². The van der Waals surface area contributed by atoms with Crippen molar-refractivity contribution in [1.29, 1.82) is 0 Å². The molecule has 0 bridgehead atoms. The van der Waals surface area contributed by atoms with Crippen LogP contribution < -0.4 is 5.32 Å². The maximum Gasteiger partial charge on any atom is 0.324 e. The molecule has 1 aliphatic heterocycles. The number of para-hydroxylation sites is 1. The molecule has 4 rings (SSSR count). The van der Waals surface area contributed by atoms with Crippen molar-refractivity contribution in [3.05, 3.63) is 60.3 Å². The fourth-order valence-electron chi connectivity index (χ4n) is 3.09. The molecule has 1 fully saturated rings. The predicted octanol–water partition coefficient (Wildman–Crippen LogP) is 2.83. The van der Waals surface area contributed by atoms with Gasteiger partial charge in [-0.2, -0.15) is 0 Å². The number of urea groups is 1. The number of amides is 3. The van der Waals surface area contributed by atoms with Gasteiger partial charge in [0.05, 0.1) is 5.52 Å². The van der Waals surface area contributed by atoms with Crippen molar-refractivity contribution in [2.24, 2.45) is 0 Å². The molecular weight excluding hydrogens is 318 g/mol. The largest absolute Gasteiger partial charge is 0.508 e. The van der Waals surface area contributed by atoms with Crippen molar-refractivity contribution in [3.8, 4) is 16.9 Å². The molecule has 1 aliphatic rings. The van der Waals surface area contributed by atoms with Crippen LogP contribution in [0.2, 0.25) is 0 Å². The average Bonchev–Trinajstić information content (AvgIpc) is 2.87. The second kappa shape index (κ2) is 5.59. The maximum atomic E-state index is 12.0. The fraction of sp³-hybridized carbons (Fsp3) is 0.105. The monoisotopic (exact) mass is 333 g/mol. The molecule has 25 heavy (non-hydrogen) atoms. The molecule has 3 amide bonds. The third-order valence-corrected chi connectivity index (χ3v) is 4.43. The smallest absolute Gasteiger partial charge is 0.324 e. The third-order valence-electron chi connectivity index (χ3n) is 4.43. The molecule has 1 unspecified atom stereocenters. The quantitative estimate of drug-likeness (QED) is 0.707. The molecule has 124 valence electrons. The van der Waals surface area contributed by atoms with Crippen molar-refractivity contribution >= 4 is 22.8 Å². The summed E-state index contributed by atoms with van der Waals surface area (Å²) in [6.07, 6.45) is 1.74. The average molecular weight is 333 g/mol. The van der Waals surface area contributed by atoms with Crippen LogP contribution >= 0.6 is 0 Å². The van der Waals surface area contributed by atoms with E-state index in [1.165, 1.54) is 11.9 Å². The molecule has 0 saturated carbocycles. The highest BCUT2D eigenvalue weighted by Gasteiger charge is 2.38. The Labute approximate surface area is 143 Å². The van der Waals surface area contributed by atoms with Crippen molar-refractivity contribution in [1.82, 2.24) is 15.2 Å². The Bertz CT molecular complexity index is 1020. The zero-order chi connectivity index (χ0) is 17.6. The van der Waals surface area contributed by atoms with Gasteiger partial charge >= 0.3 is 6.03 Å². The van der Waals surface area contributed by atoms with Gasteiger partial charge in [-0.05, 0) is 23.8 Å². The van der Waals surface area contributed by atoms with Gasteiger partial charge in [-0.1, -0.05) is 30.3 Å². The Morgan fingerprint density at radius 1 is 1.08 bits per heavy atom. The van der Waals surface area contributed by atoms with Gasteiger partial charge < -0.3 is 10.0 Å². The Morgan fingerprint density at radius 2 is 1.88 bits per heavy atom. The number of hydrogen-bond acceptors (Lipinski definition) is 4. The van der Waals surface area contributed by atoms with E-state index in [1.807, 2.05) is 36.4 Å². The molecule has 2 N–H and O–H groups in total. The first-order valence-electron chi connectivity index (χ1n) is 7.80. The van der Waals surface area contributed by atoms with Gasteiger partial charge in [-0.3, -0.25) is 15.1 Å². The summed E-state index contributed by atoms with van der Waals surface area (Å²) in [6, 6.07) is 13.5. The van der Waals surface area contributed by atoms with Crippen LogP contribution in [0.25, 0.3) is 22.0 Å². The summed E-state index contributed by atoms with van der Waals surface area (Å²) in [5.41, 5.74) is 2.94. The number of pyridine rings is 1. The van der Waals surface area contributed by atoms with Crippen molar-refractivity contribution in [2.75, 3.05) is 7.05 Å². The Hall–Kier alpha value is -3.41. The molecule has 0 aliphatic carbocycles. The standard InChI is InChI=1S/C19H15N3O3/c1-22-17(18(24)21-19(22)25)14-7-6-11(9-16(14)23)13-8-12-4-2-3-5-15(12)20-10-13/h2-10,17,23H,1H3,(H,21,24,25). The van der Waals surface area contributed by atoms with E-state index in [0.29, 0.717) is 5.56 Å². The number of hydrogen-bond donors (Lipinski definition) is 2. The lowest BCUT2D eigenvalue weighted by molar-refractivity contribution is -0.121. The summed E-state index contributed by atoms with van der Waals surface area (Å²) in [6.45, 7) is 0. The van der Waals surface area contributed by atoms with Crippen LogP contribution in [0.1, 0.15) is 11.6 Å². The number of carbonyl (C=O) groups is 2. The minimum atomic E-state index is -0.823. The molecule has 0 radical (unpaired) electrons. The third kappa shape index (κ3) is 2.48. The number of aromatic nitrogens is 1. The summed E-state index contributed by atoms with van der Waals surface area (Å²) < 4.78 is 0. The van der Waals surface area contributed by atoms with Crippen molar-refractivity contribution < 1.29 is 14.7 Å². The van der Waals surface area contributed by atoms with Gasteiger partial charge in [0.15, 0.2) is 0 Å². The highest BCUT2D eigenvalue weighted by Crippen LogP contribution is 2.34. The van der Waals surface area contributed by atoms with E-state index < -0.39 is 18.0 Å². The van der Waals surface area contributed by atoms with Gasteiger partial charge in [-0.25, -0.2) is 4.79 Å². The molecule has 0 spiro atoms. The van der Waals surface area contributed by atoms with E-state index in [1.54, 1.807) is 18.3 Å². The number of rotatable bonds is 2. The number of carbonyl (C=O) groups excluding carboxylic acids is 2. The number of phenolic OH excluding ortho intramolecular Hbond substituents is 1. The molecule has 3 aromatic rings. The Morgan fingerprint density at radius 3 is 2.60 bits per heavy atom. The summed E-state index contributed by atoms with van der Waals surface area (Å²) in [5, 5.41) is 13.6. The first-order chi connectivity index (χ1) is 12.0.